The summed E-state index contributed by atoms with van der Waals surface area (Å²) in [4.78, 5) is 16.5. The molecule has 1 aromatic heterocycles. The third-order valence-corrected chi connectivity index (χ3v) is 4.78. The van der Waals surface area contributed by atoms with E-state index in [1.165, 1.54) is 24.8 Å². The van der Waals surface area contributed by atoms with Gasteiger partial charge in [0.2, 0.25) is 0 Å². The first kappa shape index (κ1) is 16.0. The standard InChI is InChI=1S/C17H19FN2O2S/c1-22-14-2-3-15(16(18)10-14)17(21)20-7-5-19(6-8-20)11-13-4-9-23-12-13/h2-4,9-10,12H,5-8,11H2,1H3. The molecule has 2 heterocycles. The van der Waals surface area contributed by atoms with Gasteiger partial charge < -0.3 is 9.64 Å². The Bertz CT molecular complexity index is 667. The van der Waals surface area contributed by atoms with E-state index in [0.717, 1.165) is 19.6 Å². The van der Waals surface area contributed by atoms with Crippen LogP contribution >= 0.6 is 11.3 Å². The number of methoxy groups -OCH3 is 1. The highest BCUT2D eigenvalue weighted by Crippen LogP contribution is 2.19. The van der Waals surface area contributed by atoms with Gasteiger partial charge in [-0.1, -0.05) is 0 Å². The number of nitrogens with zero attached hydrogens (tertiary/aromatic N) is 2. The normalized spacial score (nSPS) is 15.7. The highest BCUT2D eigenvalue weighted by atomic mass is 32.1. The zero-order valence-corrected chi connectivity index (χ0v) is 13.8. The van der Waals surface area contributed by atoms with Gasteiger partial charge in [0.25, 0.3) is 5.91 Å². The van der Waals surface area contributed by atoms with Crippen molar-refractivity contribution in [2.45, 2.75) is 6.54 Å². The second-order valence-electron chi connectivity index (χ2n) is 5.55. The lowest BCUT2D eigenvalue weighted by Gasteiger charge is -2.34. The van der Waals surface area contributed by atoms with Gasteiger partial charge in [-0.2, -0.15) is 11.3 Å². The van der Waals surface area contributed by atoms with E-state index in [4.69, 9.17) is 4.74 Å². The summed E-state index contributed by atoms with van der Waals surface area (Å²) < 4.78 is 19.0. The molecule has 6 heteroatoms. The molecule has 0 radical (unpaired) electrons. The van der Waals surface area contributed by atoms with Crippen LogP contribution in [0.15, 0.2) is 35.0 Å². The number of rotatable bonds is 4. The van der Waals surface area contributed by atoms with Crippen LogP contribution in [-0.2, 0) is 6.54 Å². The number of hydrogen-bond acceptors (Lipinski definition) is 4. The molecule has 1 aliphatic heterocycles. The molecule has 0 spiro atoms. The molecule has 1 saturated heterocycles. The molecule has 4 nitrogen and oxygen atoms in total. The number of piperazine rings is 1. The molecule has 23 heavy (non-hydrogen) atoms. The van der Waals surface area contributed by atoms with Crippen LogP contribution in [0, 0.1) is 5.82 Å². The molecule has 1 aromatic carbocycles. The molecule has 0 saturated carbocycles. The van der Waals surface area contributed by atoms with Crippen molar-refractivity contribution in [1.82, 2.24) is 9.80 Å². The molecule has 0 bridgehead atoms. The Kier molecular flexibility index (Phi) is 4.93. The summed E-state index contributed by atoms with van der Waals surface area (Å²) >= 11 is 1.69. The molecule has 0 atom stereocenters. The van der Waals surface area contributed by atoms with Crippen LogP contribution in [0.25, 0.3) is 0 Å². The fourth-order valence-electron chi connectivity index (χ4n) is 2.72. The minimum Gasteiger partial charge on any atom is -0.497 e. The number of amides is 1. The maximum absolute atomic E-state index is 14.0. The van der Waals surface area contributed by atoms with Crippen molar-refractivity contribution in [2.75, 3.05) is 33.3 Å². The van der Waals surface area contributed by atoms with Gasteiger partial charge in [0.1, 0.15) is 11.6 Å². The van der Waals surface area contributed by atoms with Crippen molar-refractivity contribution >= 4 is 17.2 Å². The van der Waals surface area contributed by atoms with E-state index in [9.17, 15) is 9.18 Å². The molecular weight excluding hydrogens is 315 g/mol. The van der Waals surface area contributed by atoms with Gasteiger partial charge in [-0.15, -0.1) is 0 Å². The first-order chi connectivity index (χ1) is 11.2. The van der Waals surface area contributed by atoms with Crippen LogP contribution in [-0.4, -0.2) is 49.0 Å². The summed E-state index contributed by atoms with van der Waals surface area (Å²) in [6.07, 6.45) is 0. The molecule has 1 aliphatic rings. The summed E-state index contributed by atoms with van der Waals surface area (Å²) in [6, 6.07) is 6.48. The van der Waals surface area contributed by atoms with E-state index >= 15 is 0 Å². The smallest absolute Gasteiger partial charge is 0.256 e. The monoisotopic (exact) mass is 334 g/mol. The zero-order valence-electron chi connectivity index (χ0n) is 13.0. The molecule has 3 rings (SSSR count). The molecular formula is C17H19FN2O2S. The third kappa shape index (κ3) is 3.71. The van der Waals surface area contributed by atoms with Gasteiger partial charge in [-0.05, 0) is 34.5 Å². The Morgan fingerprint density at radius 2 is 2.04 bits per heavy atom. The molecule has 1 fully saturated rings. The lowest BCUT2D eigenvalue weighted by atomic mass is 10.1. The van der Waals surface area contributed by atoms with E-state index in [1.54, 1.807) is 22.3 Å². The number of benzene rings is 1. The Morgan fingerprint density at radius 1 is 1.26 bits per heavy atom. The predicted octanol–water partition coefficient (Wildman–Crippen LogP) is 2.85. The quantitative estimate of drug-likeness (QED) is 0.862. The maximum atomic E-state index is 14.0. The molecule has 0 unspecified atom stereocenters. The SMILES string of the molecule is COc1ccc(C(=O)N2CCN(Cc3ccsc3)CC2)c(F)c1. The molecule has 122 valence electrons. The van der Waals surface area contributed by atoms with Crippen LogP contribution in [0.4, 0.5) is 4.39 Å². The van der Waals surface area contributed by atoms with Gasteiger partial charge in [0, 0.05) is 38.8 Å². The second-order valence-corrected chi connectivity index (χ2v) is 6.33. The second kappa shape index (κ2) is 7.10. The van der Waals surface area contributed by atoms with Gasteiger partial charge in [0.05, 0.1) is 12.7 Å². The Hall–Kier alpha value is -1.92. The Morgan fingerprint density at radius 3 is 2.65 bits per heavy atom. The maximum Gasteiger partial charge on any atom is 0.256 e. The van der Waals surface area contributed by atoms with Crippen molar-refractivity contribution in [1.29, 1.82) is 0 Å². The molecule has 0 N–H and O–H groups in total. The largest absolute Gasteiger partial charge is 0.497 e. The average Bonchev–Trinajstić information content (AvgIpc) is 3.08. The number of ether oxygens (including phenoxy) is 1. The van der Waals surface area contributed by atoms with Crippen molar-refractivity contribution < 1.29 is 13.9 Å². The summed E-state index contributed by atoms with van der Waals surface area (Å²) in [5.41, 5.74) is 1.41. The number of thiophene rings is 1. The van der Waals surface area contributed by atoms with Crippen LogP contribution in [0.1, 0.15) is 15.9 Å². The van der Waals surface area contributed by atoms with Crippen molar-refractivity contribution in [3.05, 3.63) is 52.0 Å². The minimum atomic E-state index is -0.532. The third-order valence-electron chi connectivity index (χ3n) is 4.05. The fraction of sp³-hybridized carbons (Fsp3) is 0.353. The lowest BCUT2D eigenvalue weighted by Crippen LogP contribution is -2.48. The fourth-order valence-corrected chi connectivity index (χ4v) is 3.38. The topological polar surface area (TPSA) is 32.8 Å². The van der Waals surface area contributed by atoms with E-state index < -0.39 is 5.82 Å². The van der Waals surface area contributed by atoms with E-state index in [2.05, 4.69) is 21.7 Å². The van der Waals surface area contributed by atoms with Crippen LogP contribution < -0.4 is 4.74 Å². The van der Waals surface area contributed by atoms with E-state index in [0.29, 0.717) is 18.8 Å². The predicted molar refractivity (Wildman–Crippen MR) is 88.5 cm³/mol. The van der Waals surface area contributed by atoms with E-state index in [1.807, 2.05) is 0 Å². The first-order valence-electron chi connectivity index (χ1n) is 7.53. The molecule has 1 amide bonds. The van der Waals surface area contributed by atoms with Gasteiger partial charge in [-0.3, -0.25) is 9.69 Å². The molecule has 0 aliphatic carbocycles. The lowest BCUT2D eigenvalue weighted by molar-refractivity contribution is 0.0624. The number of halogens is 1. The number of carbonyl (C=O) groups excluding carboxylic acids is 1. The van der Waals surface area contributed by atoms with Gasteiger partial charge in [0.15, 0.2) is 0 Å². The summed E-state index contributed by atoms with van der Waals surface area (Å²) in [5.74, 6) is -0.366. The van der Waals surface area contributed by atoms with Crippen LogP contribution in [0.2, 0.25) is 0 Å². The average molecular weight is 334 g/mol. The zero-order chi connectivity index (χ0) is 16.2. The van der Waals surface area contributed by atoms with Crippen molar-refractivity contribution in [3.63, 3.8) is 0 Å². The first-order valence-corrected chi connectivity index (χ1v) is 8.48. The minimum absolute atomic E-state index is 0.108. The van der Waals surface area contributed by atoms with Crippen molar-refractivity contribution in [3.8, 4) is 5.75 Å². The summed E-state index contributed by atoms with van der Waals surface area (Å²) in [6.45, 7) is 3.75. The summed E-state index contributed by atoms with van der Waals surface area (Å²) in [7, 11) is 1.48. The molecule has 2 aromatic rings. The Labute approximate surface area is 139 Å². The highest BCUT2D eigenvalue weighted by molar-refractivity contribution is 7.07. The summed E-state index contributed by atoms with van der Waals surface area (Å²) in [5, 5.41) is 4.21. The number of hydrogen-bond donors (Lipinski definition) is 0. The van der Waals surface area contributed by atoms with Crippen molar-refractivity contribution in [2.24, 2.45) is 0 Å². The highest BCUT2D eigenvalue weighted by Gasteiger charge is 2.24. The van der Waals surface area contributed by atoms with Crippen LogP contribution in [0.5, 0.6) is 5.75 Å². The van der Waals surface area contributed by atoms with Crippen LogP contribution in [0.3, 0.4) is 0 Å². The van der Waals surface area contributed by atoms with Gasteiger partial charge in [-0.25, -0.2) is 4.39 Å². The Balaban J connectivity index is 1.60. The van der Waals surface area contributed by atoms with Gasteiger partial charge >= 0.3 is 0 Å². The number of carbonyl (C=O) groups is 1. The van der Waals surface area contributed by atoms with E-state index in [-0.39, 0.29) is 11.5 Å².